The molecule has 0 aliphatic heterocycles. The minimum Gasteiger partial charge on any atom is -0.508 e. The molecule has 116 valence electrons. The highest BCUT2D eigenvalue weighted by Gasteiger charge is 2.10. The van der Waals surface area contributed by atoms with E-state index < -0.39 is 0 Å². The number of benzene rings is 2. The largest absolute Gasteiger partial charge is 0.508 e. The SMILES string of the molecule is CC(C)=CCc1c(O)cc(O)cc1CCc1ccc(O)cc1. The van der Waals surface area contributed by atoms with E-state index in [0.29, 0.717) is 6.42 Å². The van der Waals surface area contributed by atoms with Crippen LogP contribution >= 0.6 is 0 Å². The first-order valence-electron chi connectivity index (χ1n) is 7.40. The second kappa shape index (κ2) is 7.03. The van der Waals surface area contributed by atoms with Crippen molar-refractivity contribution in [1.82, 2.24) is 0 Å². The fourth-order valence-electron chi connectivity index (χ4n) is 2.41. The number of aromatic hydroxyl groups is 3. The normalized spacial score (nSPS) is 10.5. The number of rotatable bonds is 5. The molecule has 0 aromatic heterocycles. The maximum absolute atomic E-state index is 10.1. The zero-order valence-electron chi connectivity index (χ0n) is 13.0. The Hall–Kier alpha value is -2.42. The Bertz CT molecular complexity index is 666. The summed E-state index contributed by atoms with van der Waals surface area (Å²) >= 11 is 0. The molecule has 22 heavy (non-hydrogen) atoms. The molecule has 2 rings (SSSR count). The third-order valence-electron chi connectivity index (χ3n) is 3.64. The second-order valence-electron chi connectivity index (χ2n) is 5.75. The van der Waals surface area contributed by atoms with Gasteiger partial charge in [-0.1, -0.05) is 23.8 Å². The van der Waals surface area contributed by atoms with Gasteiger partial charge in [0.15, 0.2) is 0 Å². The van der Waals surface area contributed by atoms with Crippen molar-refractivity contribution < 1.29 is 15.3 Å². The highest BCUT2D eigenvalue weighted by molar-refractivity contribution is 5.47. The first-order chi connectivity index (χ1) is 10.5. The van der Waals surface area contributed by atoms with Crippen LogP contribution in [0.1, 0.15) is 30.5 Å². The number of hydrogen-bond donors (Lipinski definition) is 3. The molecule has 0 atom stereocenters. The van der Waals surface area contributed by atoms with Gasteiger partial charge >= 0.3 is 0 Å². The molecule has 0 radical (unpaired) electrons. The van der Waals surface area contributed by atoms with Crippen LogP contribution in [0.15, 0.2) is 48.0 Å². The number of hydrogen-bond acceptors (Lipinski definition) is 3. The first-order valence-corrected chi connectivity index (χ1v) is 7.40. The van der Waals surface area contributed by atoms with Crippen LogP contribution in [-0.2, 0) is 19.3 Å². The molecular formula is C19H22O3. The van der Waals surface area contributed by atoms with Gasteiger partial charge < -0.3 is 15.3 Å². The molecule has 0 fully saturated rings. The van der Waals surface area contributed by atoms with E-state index in [4.69, 9.17) is 0 Å². The summed E-state index contributed by atoms with van der Waals surface area (Å²) < 4.78 is 0. The van der Waals surface area contributed by atoms with Crippen molar-refractivity contribution in [2.45, 2.75) is 33.1 Å². The van der Waals surface area contributed by atoms with Crippen molar-refractivity contribution in [2.24, 2.45) is 0 Å². The molecule has 0 saturated carbocycles. The van der Waals surface area contributed by atoms with Gasteiger partial charge in [-0.15, -0.1) is 0 Å². The average molecular weight is 298 g/mol. The van der Waals surface area contributed by atoms with Crippen LogP contribution in [0.2, 0.25) is 0 Å². The Balaban J connectivity index is 2.21. The number of phenols is 3. The molecule has 0 unspecified atom stereocenters. The zero-order valence-corrected chi connectivity index (χ0v) is 13.0. The predicted molar refractivity (Wildman–Crippen MR) is 88.4 cm³/mol. The van der Waals surface area contributed by atoms with Gasteiger partial charge in [-0.3, -0.25) is 0 Å². The lowest BCUT2D eigenvalue weighted by Crippen LogP contribution is -1.98. The summed E-state index contributed by atoms with van der Waals surface area (Å²) in [7, 11) is 0. The molecule has 0 saturated heterocycles. The Morgan fingerprint density at radius 2 is 1.59 bits per heavy atom. The third kappa shape index (κ3) is 4.29. The smallest absolute Gasteiger partial charge is 0.123 e. The lowest BCUT2D eigenvalue weighted by molar-refractivity contribution is 0.445. The Morgan fingerprint density at radius 1 is 0.909 bits per heavy atom. The molecule has 0 aliphatic carbocycles. The van der Waals surface area contributed by atoms with E-state index in [-0.39, 0.29) is 17.2 Å². The van der Waals surface area contributed by atoms with E-state index in [9.17, 15) is 15.3 Å². The van der Waals surface area contributed by atoms with Crippen LogP contribution in [0.25, 0.3) is 0 Å². The monoisotopic (exact) mass is 298 g/mol. The number of phenolic OH excluding ortho intramolecular Hbond substituents is 3. The van der Waals surface area contributed by atoms with Crippen molar-refractivity contribution in [3.63, 3.8) is 0 Å². The fourth-order valence-corrected chi connectivity index (χ4v) is 2.41. The van der Waals surface area contributed by atoms with Gasteiger partial charge in [-0.25, -0.2) is 0 Å². The van der Waals surface area contributed by atoms with Crippen LogP contribution in [-0.4, -0.2) is 15.3 Å². The van der Waals surface area contributed by atoms with Crippen LogP contribution < -0.4 is 0 Å². The first kappa shape index (κ1) is 16.0. The molecular weight excluding hydrogens is 276 g/mol. The highest BCUT2D eigenvalue weighted by atomic mass is 16.3. The molecule has 2 aromatic rings. The molecule has 0 spiro atoms. The average Bonchev–Trinajstić information content (AvgIpc) is 2.45. The summed E-state index contributed by atoms with van der Waals surface area (Å²) in [6.07, 6.45) is 4.22. The van der Waals surface area contributed by atoms with Gasteiger partial charge in [0, 0.05) is 11.6 Å². The summed E-state index contributed by atoms with van der Waals surface area (Å²) in [5, 5.41) is 29.1. The van der Waals surface area contributed by atoms with Gasteiger partial charge in [0.05, 0.1) is 0 Å². The number of aryl methyl sites for hydroxylation is 2. The van der Waals surface area contributed by atoms with Gasteiger partial charge in [-0.2, -0.15) is 0 Å². The quantitative estimate of drug-likeness (QED) is 0.728. The minimum atomic E-state index is 0.0826. The van der Waals surface area contributed by atoms with E-state index in [1.165, 1.54) is 11.6 Å². The lowest BCUT2D eigenvalue weighted by Gasteiger charge is -2.12. The highest BCUT2D eigenvalue weighted by Crippen LogP contribution is 2.29. The topological polar surface area (TPSA) is 60.7 Å². The van der Waals surface area contributed by atoms with Crippen LogP contribution in [0.4, 0.5) is 0 Å². The Labute approximate surface area is 131 Å². The van der Waals surface area contributed by atoms with Crippen molar-refractivity contribution in [3.05, 3.63) is 64.7 Å². The molecule has 0 bridgehead atoms. The molecule has 3 N–H and O–H groups in total. The molecule has 3 nitrogen and oxygen atoms in total. The van der Waals surface area contributed by atoms with Crippen molar-refractivity contribution in [3.8, 4) is 17.2 Å². The molecule has 0 aliphatic rings. The molecule has 0 amide bonds. The van der Waals surface area contributed by atoms with Crippen LogP contribution in [0.5, 0.6) is 17.2 Å². The molecule has 3 heteroatoms. The van der Waals surface area contributed by atoms with Crippen LogP contribution in [0, 0.1) is 0 Å². The summed E-state index contributed by atoms with van der Waals surface area (Å²) in [6.45, 7) is 4.04. The van der Waals surface area contributed by atoms with Crippen molar-refractivity contribution in [1.29, 1.82) is 0 Å². The van der Waals surface area contributed by atoms with Gasteiger partial charge in [0.1, 0.15) is 17.2 Å². The predicted octanol–water partition coefficient (Wildman–Crippen LogP) is 4.10. The van der Waals surface area contributed by atoms with E-state index in [1.807, 2.05) is 26.0 Å². The van der Waals surface area contributed by atoms with Gasteiger partial charge in [0.2, 0.25) is 0 Å². The summed E-state index contributed by atoms with van der Waals surface area (Å²) in [5.41, 5.74) is 4.10. The molecule has 2 aromatic carbocycles. The van der Waals surface area contributed by atoms with E-state index >= 15 is 0 Å². The summed E-state index contributed by atoms with van der Waals surface area (Å²) in [5.74, 6) is 0.473. The maximum Gasteiger partial charge on any atom is 0.123 e. The van der Waals surface area contributed by atoms with Gasteiger partial charge in [0.25, 0.3) is 0 Å². The van der Waals surface area contributed by atoms with Crippen molar-refractivity contribution in [2.75, 3.05) is 0 Å². The lowest BCUT2D eigenvalue weighted by atomic mass is 9.96. The second-order valence-corrected chi connectivity index (χ2v) is 5.75. The summed E-state index contributed by atoms with van der Waals surface area (Å²) in [4.78, 5) is 0. The van der Waals surface area contributed by atoms with Crippen LogP contribution in [0.3, 0.4) is 0 Å². The van der Waals surface area contributed by atoms with E-state index in [2.05, 4.69) is 6.08 Å². The third-order valence-corrected chi connectivity index (χ3v) is 3.64. The number of allylic oxidation sites excluding steroid dienone is 2. The Kier molecular flexibility index (Phi) is 5.10. The van der Waals surface area contributed by atoms with E-state index in [0.717, 1.165) is 29.5 Å². The van der Waals surface area contributed by atoms with E-state index in [1.54, 1.807) is 18.2 Å². The standard InChI is InChI=1S/C19H22O3/c1-13(2)3-10-18-15(11-17(21)12-19(18)22)7-4-14-5-8-16(20)9-6-14/h3,5-6,8-9,11-12,20-22H,4,7,10H2,1-2H3. The summed E-state index contributed by atoms with van der Waals surface area (Å²) in [6, 6.07) is 10.2. The Morgan fingerprint density at radius 3 is 2.23 bits per heavy atom. The zero-order chi connectivity index (χ0) is 16.1. The fraction of sp³-hybridized carbons (Fsp3) is 0.263. The van der Waals surface area contributed by atoms with Gasteiger partial charge in [-0.05, 0) is 62.4 Å². The minimum absolute atomic E-state index is 0.0826. The molecule has 0 heterocycles. The van der Waals surface area contributed by atoms with Crippen molar-refractivity contribution >= 4 is 0 Å². The maximum atomic E-state index is 10.1.